The lowest BCUT2D eigenvalue weighted by atomic mass is 10.0. The summed E-state index contributed by atoms with van der Waals surface area (Å²) >= 11 is 0. The van der Waals surface area contributed by atoms with Crippen molar-refractivity contribution in [2.75, 3.05) is 10.6 Å². The average molecular weight is 404 g/mol. The first-order chi connectivity index (χ1) is 13.7. The second-order valence-corrected chi connectivity index (χ2v) is 6.36. The quantitative estimate of drug-likeness (QED) is 0.693. The molecular weight excluding hydrogens is 385 g/mol. The fourth-order valence-electron chi connectivity index (χ4n) is 2.86. The van der Waals surface area contributed by atoms with Gasteiger partial charge in [0.1, 0.15) is 11.9 Å². The summed E-state index contributed by atoms with van der Waals surface area (Å²) in [5, 5.41) is 9.01. The first-order valence-corrected chi connectivity index (χ1v) is 8.70. The van der Waals surface area contributed by atoms with Crippen LogP contribution in [0.4, 0.5) is 24.5 Å². The van der Waals surface area contributed by atoms with Gasteiger partial charge in [-0.2, -0.15) is 0 Å². The summed E-state index contributed by atoms with van der Waals surface area (Å²) in [6.07, 6.45) is -3.59. The van der Waals surface area contributed by atoms with Crippen LogP contribution < -0.4 is 20.7 Å². The number of hydrogen-bond donors (Lipinski definition) is 3. The van der Waals surface area contributed by atoms with E-state index in [9.17, 15) is 18.0 Å². The Hall–Kier alpha value is -3.49. The molecule has 9 heteroatoms. The molecule has 1 unspecified atom stereocenters. The number of rotatable bonds is 5. The largest absolute Gasteiger partial charge is 0.573 e. The number of aliphatic imine (C=N–C) groups is 1. The molecule has 6 nitrogen and oxygen atoms in total. The van der Waals surface area contributed by atoms with Crippen LogP contribution in [0, 0.1) is 0 Å². The Kier molecular flexibility index (Phi) is 5.76. The van der Waals surface area contributed by atoms with Crippen LogP contribution >= 0.6 is 0 Å². The number of hydrogen-bond acceptors (Lipinski definition) is 5. The maximum atomic E-state index is 12.3. The summed E-state index contributed by atoms with van der Waals surface area (Å²) in [6, 6.07) is 12.8. The van der Waals surface area contributed by atoms with E-state index in [1.807, 2.05) is 25.1 Å². The molecule has 0 bridgehead atoms. The van der Waals surface area contributed by atoms with Gasteiger partial charge < -0.3 is 20.7 Å². The Morgan fingerprint density at radius 1 is 1.14 bits per heavy atom. The summed E-state index contributed by atoms with van der Waals surface area (Å²) in [4.78, 5) is 15.6. The van der Waals surface area contributed by atoms with Gasteiger partial charge in [-0.1, -0.05) is 12.1 Å². The van der Waals surface area contributed by atoms with Crippen molar-refractivity contribution in [3.05, 3.63) is 59.7 Å². The standard InChI is InChI=1S/C20H19F3N4O2/c1-12-18(14-4-3-5-16(10-14)26-13(2)28)24-11-25-19(12)27-15-6-8-17(9-7-15)29-20(21,22)23/h3-11,19,27H,1-2H3,(H,24,25)(H,26,28). The van der Waals surface area contributed by atoms with Gasteiger partial charge in [0.05, 0.1) is 6.34 Å². The Bertz CT molecular complexity index is 953. The normalized spacial score (nSPS) is 16.2. The van der Waals surface area contributed by atoms with Gasteiger partial charge >= 0.3 is 6.36 Å². The number of amides is 1. The molecule has 2 aromatic carbocycles. The smallest absolute Gasteiger partial charge is 0.406 e. The van der Waals surface area contributed by atoms with Crippen LogP contribution in [0.2, 0.25) is 0 Å². The maximum absolute atomic E-state index is 12.3. The van der Waals surface area contributed by atoms with Crippen molar-refractivity contribution in [3.8, 4) is 5.75 Å². The van der Waals surface area contributed by atoms with Crippen molar-refractivity contribution < 1.29 is 22.7 Å². The van der Waals surface area contributed by atoms with Crippen LogP contribution in [0.5, 0.6) is 5.75 Å². The summed E-state index contributed by atoms with van der Waals surface area (Å²) in [7, 11) is 0. The van der Waals surface area contributed by atoms with E-state index in [0.29, 0.717) is 11.4 Å². The number of ether oxygens (including phenoxy) is 1. The van der Waals surface area contributed by atoms with Crippen LogP contribution in [0.25, 0.3) is 5.70 Å². The molecule has 152 valence electrons. The number of anilines is 2. The molecule has 29 heavy (non-hydrogen) atoms. The van der Waals surface area contributed by atoms with Gasteiger partial charge in [0.25, 0.3) is 0 Å². The van der Waals surface area contributed by atoms with Gasteiger partial charge in [-0.15, -0.1) is 13.2 Å². The lowest BCUT2D eigenvalue weighted by Gasteiger charge is -2.24. The summed E-state index contributed by atoms with van der Waals surface area (Å²) in [5.74, 6) is -0.455. The predicted octanol–water partition coefficient (Wildman–Crippen LogP) is 4.34. The van der Waals surface area contributed by atoms with Crippen molar-refractivity contribution in [2.24, 2.45) is 4.99 Å². The number of nitrogens with zero attached hydrogens (tertiary/aromatic N) is 1. The number of carbonyl (C=O) groups is 1. The molecule has 1 heterocycles. The molecule has 0 spiro atoms. The summed E-state index contributed by atoms with van der Waals surface area (Å²) in [5.41, 5.74) is 3.82. The predicted molar refractivity (Wildman–Crippen MR) is 106 cm³/mol. The Balaban J connectivity index is 1.77. The Morgan fingerprint density at radius 3 is 2.52 bits per heavy atom. The lowest BCUT2D eigenvalue weighted by Crippen LogP contribution is -2.28. The molecule has 0 aromatic heterocycles. The highest BCUT2D eigenvalue weighted by Gasteiger charge is 2.31. The molecule has 1 aliphatic heterocycles. The minimum Gasteiger partial charge on any atom is -0.406 e. The van der Waals surface area contributed by atoms with Crippen molar-refractivity contribution in [1.82, 2.24) is 5.32 Å². The third kappa shape index (κ3) is 5.50. The monoisotopic (exact) mass is 404 g/mol. The van der Waals surface area contributed by atoms with E-state index in [4.69, 9.17) is 0 Å². The molecule has 3 N–H and O–H groups in total. The molecule has 1 aliphatic rings. The van der Waals surface area contributed by atoms with Gasteiger partial charge in [-0.05, 0) is 48.9 Å². The summed E-state index contributed by atoms with van der Waals surface area (Å²) in [6.45, 7) is 3.33. The van der Waals surface area contributed by atoms with Crippen LogP contribution in [0.1, 0.15) is 19.4 Å². The van der Waals surface area contributed by atoms with Crippen molar-refractivity contribution in [1.29, 1.82) is 0 Å². The minimum atomic E-state index is -4.73. The van der Waals surface area contributed by atoms with Gasteiger partial charge in [-0.3, -0.25) is 4.79 Å². The molecule has 1 amide bonds. The van der Waals surface area contributed by atoms with Crippen molar-refractivity contribution in [3.63, 3.8) is 0 Å². The first-order valence-electron chi connectivity index (χ1n) is 8.70. The van der Waals surface area contributed by atoms with Gasteiger partial charge in [0, 0.05) is 29.6 Å². The van der Waals surface area contributed by atoms with Crippen LogP contribution in [0.3, 0.4) is 0 Å². The Morgan fingerprint density at radius 2 is 1.86 bits per heavy atom. The second-order valence-electron chi connectivity index (χ2n) is 6.36. The highest BCUT2D eigenvalue weighted by atomic mass is 19.4. The topological polar surface area (TPSA) is 74.8 Å². The van der Waals surface area contributed by atoms with Crippen molar-refractivity contribution in [2.45, 2.75) is 26.4 Å². The fraction of sp³-hybridized carbons (Fsp3) is 0.200. The van der Waals surface area contributed by atoms with Crippen LogP contribution in [-0.4, -0.2) is 24.8 Å². The third-order valence-corrected chi connectivity index (χ3v) is 4.10. The zero-order valence-electron chi connectivity index (χ0n) is 15.7. The highest BCUT2D eigenvalue weighted by Crippen LogP contribution is 2.27. The van der Waals surface area contributed by atoms with E-state index in [1.165, 1.54) is 31.2 Å². The molecule has 0 fully saturated rings. The second kappa shape index (κ2) is 8.26. The maximum Gasteiger partial charge on any atom is 0.573 e. The highest BCUT2D eigenvalue weighted by molar-refractivity contribution is 5.90. The van der Waals surface area contributed by atoms with E-state index in [1.54, 1.807) is 12.4 Å². The number of nitrogens with one attached hydrogen (secondary N) is 3. The number of alkyl halides is 3. The molecule has 1 atom stereocenters. The Labute approximate surface area is 165 Å². The van der Waals surface area contributed by atoms with Crippen LogP contribution in [-0.2, 0) is 4.79 Å². The number of halogens is 3. The molecule has 0 saturated heterocycles. The van der Waals surface area contributed by atoms with Crippen molar-refractivity contribution >= 4 is 29.3 Å². The summed E-state index contributed by atoms with van der Waals surface area (Å²) < 4.78 is 40.7. The lowest BCUT2D eigenvalue weighted by molar-refractivity contribution is -0.274. The van der Waals surface area contributed by atoms with E-state index in [-0.39, 0.29) is 11.7 Å². The number of carbonyl (C=O) groups excluding carboxylic acids is 1. The minimum absolute atomic E-state index is 0.163. The molecule has 2 aromatic rings. The molecule has 0 saturated carbocycles. The zero-order valence-corrected chi connectivity index (χ0v) is 15.7. The fourth-order valence-corrected chi connectivity index (χ4v) is 2.86. The SMILES string of the molecule is CC(=O)Nc1cccc(C2=C(C)C(Nc3ccc(OC(F)(F)F)cc3)N=CN2)c1. The van der Waals surface area contributed by atoms with E-state index in [0.717, 1.165) is 16.8 Å². The van der Waals surface area contributed by atoms with Crippen LogP contribution in [0.15, 0.2) is 59.1 Å². The molecular formula is C20H19F3N4O2. The van der Waals surface area contributed by atoms with Gasteiger partial charge in [0.15, 0.2) is 0 Å². The molecule has 0 radical (unpaired) electrons. The molecule has 3 rings (SSSR count). The third-order valence-electron chi connectivity index (χ3n) is 4.10. The molecule has 0 aliphatic carbocycles. The van der Waals surface area contributed by atoms with Gasteiger partial charge in [-0.25, -0.2) is 4.99 Å². The van der Waals surface area contributed by atoms with Gasteiger partial charge in [0.2, 0.25) is 5.91 Å². The van der Waals surface area contributed by atoms with E-state index in [2.05, 4.69) is 25.7 Å². The first kappa shape index (κ1) is 20.2. The van der Waals surface area contributed by atoms with E-state index >= 15 is 0 Å². The zero-order chi connectivity index (χ0) is 21.0. The average Bonchev–Trinajstić information content (AvgIpc) is 2.63. The van der Waals surface area contributed by atoms with E-state index < -0.39 is 12.5 Å². The number of benzene rings is 2.